The van der Waals surface area contributed by atoms with Gasteiger partial charge in [0.25, 0.3) is 0 Å². The molecule has 0 aliphatic rings. The number of hydrogen-bond acceptors (Lipinski definition) is 3. The summed E-state index contributed by atoms with van der Waals surface area (Å²) in [6, 6.07) is 31.1. The number of hydrogen-bond donors (Lipinski definition) is 1. The maximum Gasteiger partial charge on any atom is 0.417 e. The Morgan fingerprint density at radius 3 is 2.05 bits per heavy atom. The van der Waals surface area contributed by atoms with Gasteiger partial charge in [0.05, 0.1) is 22.6 Å². The number of alkyl halides is 3. The Balaban J connectivity index is 0.00000529. The summed E-state index contributed by atoms with van der Waals surface area (Å²) >= 11 is 6.31. The highest BCUT2D eigenvalue weighted by molar-refractivity contribution is 6.32. The minimum Gasteiger partial charge on any atom is -0.494 e. The third-order valence-electron chi connectivity index (χ3n) is 7.60. The molecule has 9 heteroatoms. The molecule has 0 aliphatic heterocycles. The van der Waals surface area contributed by atoms with Gasteiger partial charge < -0.3 is 9.84 Å². The highest BCUT2D eigenvalue weighted by Gasteiger charge is 2.34. The molecule has 0 unspecified atom stereocenters. The average molecular weight is 647 g/mol. The Morgan fingerprint density at radius 2 is 1.48 bits per heavy atom. The van der Waals surface area contributed by atoms with Crippen LogP contribution in [0.1, 0.15) is 54.0 Å². The molecule has 44 heavy (non-hydrogen) atoms. The summed E-state index contributed by atoms with van der Waals surface area (Å²) in [5.41, 5.74) is 1.32. The Kier molecular flexibility index (Phi) is 12.3. The van der Waals surface area contributed by atoms with E-state index in [-0.39, 0.29) is 29.9 Å². The van der Waals surface area contributed by atoms with Crippen LogP contribution in [0, 0.1) is 0 Å². The van der Waals surface area contributed by atoms with E-state index in [0.717, 1.165) is 17.2 Å². The van der Waals surface area contributed by atoms with E-state index < -0.39 is 23.1 Å². The standard InChI is InChI=1S/C35H35ClF3NO3.ClH/c1-34(2,33(41)42)28-17-10-18-29(22-28)43-21-11-20-40(23-27-16-9-19-31(32(27)36)35(37,38)39)24-30(25-12-5-3-6-13-25)26-14-7-4-8-15-26;/h3-10,12-19,22,30H,11,20-21,23-24H2,1-2H3,(H,41,42);1H. The molecule has 0 aliphatic carbocycles. The van der Waals surface area contributed by atoms with Crippen LogP contribution in [-0.2, 0) is 22.9 Å². The van der Waals surface area contributed by atoms with E-state index in [2.05, 4.69) is 29.2 Å². The summed E-state index contributed by atoms with van der Waals surface area (Å²) in [5.74, 6) is -0.395. The molecule has 0 saturated carbocycles. The first-order valence-corrected chi connectivity index (χ1v) is 14.5. The number of nitrogens with zero attached hydrogens (tertiary/aromatic N) is 1. The van der Waals surface area contributed by atoms with E-state index in [1.807, 2.05) is 36.4 Å². The van der Waals surface area contributed by atoms with Gasteiger partial charge in [-0.15, -0.1) is 12.4 Å². The number of aliphatic carboxylic acids is 1. The van der Waals surface area contributed by atoms with Gasteiger partial charge in [-0.1, -0.05) is 96.5 Å². The van der Waals surface area contributed by atoms with E-state index in [0.29, 0.717) is 43.0 Å². The molecule has 4 aromatic carbocycles. The van der Waals surface area contributed by atoms with Crippen LogP contribution in [0.25, 0.3) is 0 Å². The zero-order chi connectivity index (χ0) is 31.0. The van der Waals surface area contributed by atoms with Crippen molar-refractivity contribution in [3.8, 4) is 5.75 Å². The Bertz CT molecular complexity index is 1460. The number of rotatable bonds is 13. The lowest BCUT2D eigenvalue weighted by Gasteiger charge is -2.29. The van der Waals surface area contributed by atoms with Crippen molar-refractivity contribution < 1.29 is 27.8 Å². The fraction of sp³-hybridized carbons (Fsp3) is 0.286. The minimum atomic E-state index is -4.55. The topological polar surface area (TPSA) is 49.8 Å². The summed E-state index contributed by atoms with van der Waals surface area (Å²) in [7, 11) is 0. The molecule has 0 bridgehead atoms. The van der Waals surface area contributed by atoms with Gasteiger partial charge in [-0.25, -0.2) is 0 Å². The lowest BCUT2D eigenvalue weighted by molar-refractivity contribution is -0.142. The molecule has 234 valence electrons. The predicted molar refractivity (Wildman–Crippen MR) is 171 cm³/mol. The number of carboxylic acid groups (broad SMARTS) is 1. The normalized spacial score (nSPS) is 11.8. The molecule has 0 spiro atoms. The molecule has 4 nitrogen and oxygen atoms in total. The van der Waals surface area contributed by atoms with Crippen LogP contribution in [-0.4, -0.2) is 35.7 Å². The zero-order valence-electron chi connectivity index (χ0n) is 24.6. The second-order valence-corrected chi connectivity index (χ2v) is 11.4. The second-order valence-electron chi connectivity index (χ2n) is 11.0. The van der Waals surface area contributed by atoms with E-state index in [4.69, 9.17) is 16.3 Å². The monoisotopic (exact) mass is 645 g/mol. The Labute approximate surface area is 267 Å². The average Bonchev–Trinajstić information content (AvgIpc) is 2.99. The number of carbonyl (C=O) groups is 1. The fourth-order valence-corrected chi connectivity index (χ4v) is 5.30. The quantitative estimate of drug-likeness (QED) is 0.147. The third-order valence-corrected chi connectivity index (χ3v) is 8.05. The summed E-state index contributed by atoms with van der Waals surface area (Å²) in [5, 5.41) is 9.29. The van der Waals surface area contributed by atoms with Gasteiger partial charge in [-0.05, 0) is 60.7 Å². The maximum atomic E-state index is 13.6. The SMILES string of the molecule is CC(C)(C(=O)O)c1cccc(OCCCN(Cc2cccc(C(F)(F)F)c2Cl)CC(c2ccccc2)c2ccccc2)c1.Cl. The van der Waals surface area contributed by atoms with Crippen molar-refractivity contribution in [2.75, 3.05) is 19.7 Å². The lowest BCUT2D eigenvalue weighted by atomic mass is 9.85. The smallest absolute Gasteiger partial charge is 0.417 e. The van der Waals surface area contributed by atoms with Crippen LogP contribution in [0.5, 0.6) is 5.75 Å². The zero-order valence-corrected chi connectivity index (χ0v) is 26.1. The first kappa shape index (κ1) is 35.0. The van der Waals surface area contributed by atoms with Gasteiger partial charge in [-0.3, -0.25) is 9.69 Å². The molecule has 0 saturated heterocycles. The fourth-order valence-electron chi connectivity index (χ4n) is 5.01. The molecule has 0 amide bonds. The molecule has 4 aromatic rings. The molecule has 0 heterocycles. The summed E-state index contributed by atoms with van der Waals surface area (Å²) in [4.78, 5) is 13.8. The van der Waals surface area contributed by atoms with Crippen molar-refractivity contribution in [3.05, 3.63) is 136 Å². The molecule has 1 N–H and O–H groups in total. The molecule has 4 rings (SSSR count). The van der Waals surface area contributed by atoms with Crippen molar-refractivity contribution in [2.24, 2.45) is 0 Å². The van der Waals surface area contributed by atoms with Crippen LogP contribution in [0.2, 0.25) is 5.02 Å². The summed E-state index contributed by atoms with van der Waals surface area (Å²) in [6.07, 6.45) is -3.97. The highest BCUT2D eigenvalue weighted by Crippen LogP contribution is 2.37. The van der Waals surface area contributed by atoms with Crippen LogP contribution in [0.3, 0.4) is 0 Å². The van der Waals surface area contributed by atoms with Gasteiger partial charge in [0, 0.05) is 25.6 Å². The van der Waals surface area contributed by atoms with E-state index in [9.17, 15) is 23.1 Å². The molecular weight excluding hydrogens is 610 g/mol. The maximum absolute atomic E-state index is 13.6. The van der Waals surface area contributed by atoms with E-state index in [1.54, 1.807) is 44.2 Å². The lowest BCUT2D eigenvalue weighted by Crippen LogP contribution is -2.31. The minimum absolute atomic E-state index is 0. The summed E-state index contributed by atoms with van der Waals surface area (Å²) < 4.78 is 46.9. The number of carboxylic acids is 1. The third kappa shape index (κ3) is 9.00. The van der Waals surface area contributed by atoms with Crippen LogP contribution < -0.4 is 4.74 Å². The number of ether oxygens (including phenoxy) is 1. The molecule has 0 atom stereocenters. The Morgan fingerprint density at radius 1 is 0.886 bits per heavy atom. The van der Waals surface area contributed by atoms with E-state index >= 15 is 0 Å². The van der Waals surface area contributed by atoms with Gasteiger partial charge in [-0.2, -0.15) is 13.2 Å². The molecular formula is C35H36Cl2F3NO3. The van der Waals surface area contributed by atoms with Crippen molar-refractivity contribution in [1.29, 1.82) is 0 Å². The second kappa shape index (κ2) is 15.5. The van der Waals surface area contributed by atoms with Gasteiger partial charge >= 0.3 is 12.1 Å². The first-order valence-electron chi connectivity index (χ1n) is 14.1. The van der Waals surface area contributed by atoms with Crippen molar-refractivity contribution in [3.63, 3.8) is 0 Å². The van der Waals surface area contributed by atoms with Crippen LogP contribution >= 0.6 is 24.0 Å². The van der Waals surface area contributed by atoms with Crippen molar-refractivity contribution >= 4 is 30.0 Å². The van der Waals surface area contributed by atoms with Gasteiger partial charge in [0.15, 0.2) is 0 Å². The predicted octanol–water partition coefficient (Wildman–Crippen LogP) is 9.25. The van der Waals surface area contributed by atoms with Crippen molar-refractivity contribution in [1.82, 2.24) is 4.90 Å². The Hall–Kier alpha value is -3.52. The molecule has 0 radical (unpaired) electrons. The largest absolute Gasteiger partial charge is 0.494 e. The van der Waals surface area contributed by atoms with E-state index in [1.165, 1.54) is 6.07 Å². The number of benzene rings is 4. The van der Waals surface area contributed by atoms with Gasteiger partial charge in [0.1, 0.15) is 5.75 Å². The van der Waals surface area contributed by atoms with Crippen LogP contribution in [0.4, 0.5) is 13.2 Å². The molecule has 0 fully saturated rings. The highest BCUT2D eigenvalue weighted by atomic mass is 35.5. The summed E-state index contributed by atoms with van der Waals surface area (Å²) in [6.45, 7) is 4.92. The van der Waals surface area contributed by atoms with Crippen molar-refractivity contribution in [2.45, 2.75) is 44.3 Å². The molecule has 0 aromatic heterocycles. The number of halogens is 5. The van der Waals surface area contributed by atoms with Gasteiger partial charge in [0.2, 0.25) is 0 Å². The first-order chi connectivity index (χ1) is 20.5. The van der Waals surface area contributed by atoms with Crippen LogP contribution in [0.15, 0.2) is 103 Å².